The van der Waals surface area contributed by atoms with Crippen molar-refractivity contribution in [3.8, 4) is 0 Å². The van der Waals surface area contributed by atoms with Gasteiger partial charge < -0.3 is 15.7 Å². The van der Waals surface area contributed by atoms with E-state index in [1.165, 1.54) is 0 Å². The Morgan fingerprint density at radius 2 is 1.76 bits per heavy atom. The number of carbonyl (C=O) groups excluding carboxylic acids is 2. The second kappa shape index (κ2) is 11.8. The molecule has 0 spiro atoms. The molecule has 0 saturated heterocycles. The van der Waals surface area contributed by atoms with E-state index < -0.39 is 17.9 Å². The predicted molar refractivity (Wildman–Crippen MR) is 96.2 cm³/mol. The van der Waals surface area contributed by atoms with Gasteiger partial charge in [-0.3, -0.25) is 9.59 Å². The van der Waals surface area contributed by atoms with Gasteiger partial charge in [0.1, 0.15) is 6.04 Å². The van der Waals surface area contributed by atoms with Crippen LogP contribution in [0.4, 0.5) is 0 Å². The van der Waals surface area contributed by atoms with E-state index in [0.717, 1.165) is 32.1 Å². The highest BCUT2D eigenvalue weighted by atomic mass is 16.4. The fourth-order valence-electron chi connectivity index (χ4n) is 2.35. The number of carboxylic acids is 1. The molecule has 6 heteroatoms. The second-order valence-electron chi connectivity index (χ2n) is 5.79. The first-order chi connectivity index (χ1) is 12.0. The molecule has 0 aliphatic carbocycles. The van der Waals surface area contributed by atoms with Crippen molar-refractivity contribution in [1.29, 1.82) is 0 Å². The summed E-state index contributed by atoms with van der Waals surface area (Å²) in [5.41, 5.74) is 0.449. The van der Waals surface area contributed by atoms with Crippen LogP contribution in [-0.2, 0) is 9.59 Å². The first-order valence-electron chi connectivity index (χ1n) is 8.51. The number of unbranched alkanes of at least 4 members (excludes halogenated alkanes) is 4. The zero-order valence-corrected chi connectivity index (χ0v) is 14.4. The summed E-state index contributed by atoms with van der Waals surface area (Å²) in [5.74, 6) is -1.94. The number of hydrogen-bond acceptors (Lipinski definition) is 3. The van der Waals surface area contributed by atoms with Crippen LogP contribution in [0, 0.1) is 0 Å². The Bertz CT molecular complexity index is 572. The minimum absolute atomic E-state index is 0.253. The quantitative estimate of drug-likeness (QED) is 0.400. The number of nitrogens with one attached hydrogen (secondary N) is 2. The van der Waals surface area contributed by atoms with Gasteiger partial charge in [-0.1, -0.05) is 43.5 Å². The smallest absolute Gasteiger partial charge is 0.326 e. The topological polar surface area (TPSA) is 95.5 Å². The Morgan fingerprint density at radius 3 is 2.40 bits per heavy atom. The number of carboxylic acid groups (broad SMARTS) is 1. The molecule has 136 valence electrons. The molecule has 0 saturated carbocycles. The number of amides is 2. The molecule has 6 nitrogen and oxygen atoms in total. The lowest BCUT2D eigenvalue weighted by Gasteiger charge is -2.14. The largest absolute Gasteiger partial charge is 0.480 e. The van der Waals surface area contributed by atoms with Crippen molar-refractivity contribution in [1.82, 2.24) is 10.6 Å². The molecule has 2 amide bonds. The highest BCUT2D eigenvalue weighted by molar-refractivity contribution is 5.96. The Balaban J connectivity index is 2.31. The van der Waals surface area contributed by atoms with Crippen LogP contribution in [0.3, 0.4) is 0 Å². The molecule has 0 radical (unpaired) electrons. The van der Waals surface area contributed by atoms with E-state index in [0.29, 0.717) is 12.0 Å². The van der Waals surface area contributed by atoms with Gasteiger partial charge in [0, 0.05) is 5.56 Å². The van der Waals surface area contributed by atoms with Crippen molar-refractivity contribution >= 4 is 17.8 Å². The Morgan fingerprint density at radius 1 is 1.08 bits per heavy atom. The third-order valence-corrected chi connectivity index (χ3v) is 3.73. The van der Waals surface area contributed by atoms with Crippen molar-refractivity contribution in [2.24, 2.45) is 0 Å². The summed E-state index contributed by atoms with van der Waals surface area (Å²) in [4.78, 5) is 35.0. The van der Waals surface area contributed by atoms with Gasteiger partial charge in [-0.05, 0) is 31.4 Å². The normalized spacial score (nSPS) is 11.4. The first-order valence-corrected chi connectivity index (χ1v) is 8.51. The SMILES string of the molecule is C=CCCCCCC[C@@H](NC(=O)CNC(=O)c1ccccc1)C(=O)O. The van der Waals surface area contributed by atoms with Gasteiger partial charge in [-0.25, -0.2) is 4.79 Å². The van der Waals surface area contributed by atoms with Crippen LogP contribution in [0.15, 0.2) is 43.0 Å². The Hall–Kier alpha value is -2.63. The monoisotopic (exact) mass is 346 g/mol. The van der Waals surface area contributed by atoms with Gasteiger partial charge in [0.05, 0.1) is 6.54 Å². The lowest BCUT2D eigenvalue weighted by Crippen LogP contribution is -2.45. The molecule has 0 aromatic heterocycles. The van der Waals surface area contributed by atoms with Crippen molar-refractivity contribution in [3.05, 3.63) is 48.6 Å². The van der Waals surface area contributed by atoms with Crippen molar-refractivity contribution < 1.29 is 19.5 Å². The van der Waals surface area contributed by atoms with Crippen LogP contribution < -0.4 is 10.6 Å². The maximum Gasteiger partial charge on any atom is 0.326 e. The molecule has 1 aromatic rings. The van der Waals surface area contributed by atoms with Crippen molar-refractivity contribution in [2.75, 3.05) is 6.54 Å². The molecule has 0 bridgehead atoms. The maximum atomic E-state index is 11.9. The summed E-state index contributed by atoms with van der Waals surface area (Å²) >= 11 is 0. The molecular formula is C19H26N2O4. The molecule has 0 fully saturated rings. The Labute approximate surface area is 148 Å². The molecule has 1 rings (SSSR count). The number of aliphatic carboxylic acids is 1. The van der Waals surface area contributed by atoms with E-state index in [1.807, 2.05) is 6.08 Å². The van der Waals surface area contributed by atoms with Crippen molar-refractivity contribution in [2.45, 2.75) is 44.6 Å². The highest BCUT2D eigenvalue weighted by Gasteiger charge is 2.19. The minimum Gasteiger partial charge on any atom is -0.480 e. The van der Waals surface area contributed by atoms with E-state index in [9.17, 15) is 19.5 Å². The molecule has 25 heavy (non-hydrogen) atoms. The van der Waals surface area contributed by atoms with E-state index >= 15 is 0 Å². The standard InChI is InChI=1S/C19H26N2O4/c1-2-3-4-5-6-10-13-16(19(24)25)21-17(22)14-20-18(23)15-11-8-7-9-12-15/h2,7-9,11-12,16H,1,3-6,10,13-14H2,(H,20,23)(H,21,22)(H,24,25)/t16-/m1/s1. The number of benzene rings is 1. The molecule has 3 N–H and O–H groups in total. The Kier molecular flexibility index (Phi) is 9.67. The molecule has 1 aromatic carbocycles. The summed E-state index contributed by atoms with van der Waals surface area (Å²) < 4.78 is 0. The highest BCUT2D eigenvalue weighted by Crippen LogP contribution is 2.08. The zero-order chi connectivity index (χ0) is 18.5. The van der Waals surface area contributed by atoms with Gasteiger partial charge >= 0.3 is 5.97 Å². The average molecular weight is 346 g/mol. The van der Waals surface area contributed by atoms with Gasteiger partial charge in [0.15, 0.2) is 0 Å². The molecule has 0 aliphatic rings. The number of hydrogen-bond donors (Lipinski definition) is 3. The fraction of sp³-hybridized carbons (Fsp3) is 0.421. The van der Waals surface area contributed by atoms with Crippen LogP contribution in [0.1, 0.15) is 48.9 Å². The van der Waals surface area contributed by atoms with Crippen LogP contribution in [0.2, 0.25) is 0 Å². The van der Waals surface area contributed by atoms with Gasteiger partial charge in [-0.15, -0.1) is 6.58 Å². The van der Waals surface area contributed by atoms with Crippen molar-refractivity contribution in [3.63, 3.8) is 0 Å². The summed E-state index contributed by atoms with van der Waals surface area (Å²) in [5, 5.41) is 14.1. The van der Waals surface area contributed by atoms with Gasteiger partial charge in [-0.2, -0.15) is 0 Å². The fourth-order valence-corrected chi connectivity index (χ4v) is 2.35. The first kappa shape index (κ1) is 20.4. The number of allylic oxidation sites excluding steroid dienone is 1. The van der Waals surface area contributed by atoms with Crippen LogP contribution in [0.25, 0.3) is 0 Å². The van der Waals surface area contributed by atoms with Gasteiger partial charge in [0.25, 0.3) is 5.91 Å². The summed E-state index contributed by atoms with van der Waals surface area (Å²) in [6.07, 6.45) is 6.90. The molecule has 0 aliphatic heterocycles. The average Bonchev–Trinajstić information content (AvgIpc) is 2.62. The number of rotatable bonds is 12. The summed E-state index contributed by atoms with van der Waals surface area (Å²) in [7, 11) is 0. The summed E-state index contributed by atoms with van der Waals surface area (Å²) in [6, 6.07) is 7.59. The van der Waals surface area contributed by atoms with Gasteiger partial charge in [0.2, 0.25) is 5.91 Å². The third kappa shape index (κ3) is 8.69. The molecule has 0 unspecified atom stereocenters. The number of carbonyl (C=O) groups is 3. The second-order valence-corrected chi connectivity index (χ2v) is 5.79. The zero-order valence-electron chi connectivity index (χ0n) is 14.4. The van der Waals surface area contributed by atoms with Crippen LogP contribution in [-0.4, -0.2) is 35.5 Å². The predicted octanol–water partition coefficient (Wildman–Crippen LogP) is 2.51. The van der Waals surface area contributed by atoms with Crippen LogP contribution in [0.5, 0.6) is 0 Å². The molecule has 0 heterocycles. The van der Waals surface area contributed by atoms with E-state index in [4.69, 9.17) is 0 Å². The molecule has 1 atom stereocenters. The minimum atomic E-state index is -1.06. The lowest BCUT2D eigenvalue weighted by atomic mass is 10.1. The van der Waals surface area contributed by atoms with E-state index in [1.54, 1.807) is 30.3 Å². The van der Waals surface area contributed by atoms with Crippen LogP contribution >= 0.6 is 0 Å². The van der Waals surface area contributed by atoms with E-state index in [-0.39, 0.29) is 12.5 Å². The lowest BCUT2D eigenvalue weighted by molar-refractivity contribution is -0.141. The molecular weight excluding hydrogens is 320 g/mol. The maximum absolute atomic E-state index is 11.9. The third-order valence-electron chi connectivity index (χ3n) is 3.73. The summed E-state index contributed by atoms with van der Waals surface area (Å²) in [6.45, 7) is 3.40. The van der Waals surface area contributed by atoms with E-state index in [2.05, 4.69) is 17.2 Å².